The Hall–Kier alpha value is -2.83. The minimum absolute atomic E-state index is 0.116. The summed E-state index contributed by atoms with van der Waals surface area (Å²) in [6.45, 7) is 3.69. The topological polar surface area (TPSA) is 77.3 Å². The highest BCUT2D eigenvalue weighted by molar-refractivity contribution is 5.76. The van der Waals surface area contributed by atoms with Crippen LogP contribution in [0.25, 0.3) is 11.6 Å². The molecule has 0 unspecified atom stereocenters. The van der Waals surface area contributed by atoms with Gasteiger partial charge in [-0.15, -0.1) is 0 Å². The first-order valence-electron chi connectivity index (χ1n) is 8.53. The maximum atomic E-state index is 12.6. The molecule has 25 heavy (non-hydrogen) atoms. The number of nitrogens with zero attached hydrogens (tertiary/aromatic N) is 4. The van der Waals surface area contributed by atoms with E-state index >= 15 is 0 Å². The second-order valence-electron chi connectivity index (χ2n) is 6.23. The van der Waals surface area contributed by atoms with Crippen LogP contribution in [0.15, 0.2) is 45.7 Å². The summed E-state index contributed by atoms with van der Waals surface area (Å²) in [4.78, 5) is 18.8. The molecule has 7 heteroatoms. The van der Waals surface area contributed by atoms with Gasteiger partial charge in [0, 0.05) is 37.8 Å². The Morgan fingerprint density at radius 2 is 2.24 bits per heavy atom. The second kappa shape index (κ2) is 6.58. The van der Waals surface area contributed by atoms with Gasteiger partial charge in [-0.3, -0.25) is 4.79 Å². The van der Waals surface area contributed by atoms with E-state index in [9.17, 15) is 4.79 Å². The van der Waals surface area contributed by atoms with Crippen molar-refractivity contribution in [2.75, 3.05) is 6.54 Å². The molecule has 0 fully saturated rings. The molecule has 0 aliphatic carbocycles. The predicted octanol–water partition coefficient (Wildman–Crippen LogP) is 3.06. The number of furan rings is 1. The Labute approximate surface area is 145 Å². The number of aryl methyl sites for hydroxylation is 1. The Morgan fingerprint density at radius 1 is 1.32 bits per heavy atom. The molecule has 4 heterocycles. The van der Waals surface area contributed by atoms with Gasteiger partial charge in [0.2, 0.25) is 17.6 Å². The average molecular weight is 340 g/mol. The van der Waals surface area contributed by atoms with Crippen molar-refractivity contribution >= 4 is 5.91 Å². The Bertz CT molecular complexity index is 849. The van der Waals surface area contributed by atoms with E-state index in [0.29, 0.717) is 36.7 Å². The average Bonchev–Trinajstić information content (AvgIpc) is 3.36. The van der Waals surface area contributed by atoms with Gasteiger partial charge in [-0.05, 0) is 37.6 Å². The van der Waals surface area contributed by atoms with Crippen molar-refractivity contribution in [1.29, 1.82) is 0 Å². The summed E-state index contributed by atoms with van der Waals surface area (Å²) in [5, 5.41) is 3.90. The van der Waals surface area contributed by atoms with Gasteiger partial charge in [0.1, 0.15) is 0 Å². The number of hydrogen-bond donors (Lipinski definition) is 0. The minimum atomic E-state index is 0.116. The van der Waals surface area contributed by atoms with Gasteiger partial charge in [-0.2, -0.15) is 4.98 Å². The molecule has 1 aliphatic heterocycles. The van der Waals surface area contributed by atoms with Crippen molar-refractivity contribution in [3.63, 3.8) is 0 Å². The van der Waals surface area contributed by atoms with Crippen LogP contribution in [0, 0.1) is 0 Å². The van der Waals surface area contributed by atoms with Gasteiger partial charge in [0.05, 0.1) is 12.3 Å². The maximum Gasteiger partial charge on any atom is 0.238 e. The molecule has 3 aromatic rings. The molecule has 0 radical (unpaired) electrons. The van der Waals surface area contributed by atoms with Crippen molar-refractivity contribution < 1.29 is 13.7 Å². The molecule has 1 aliphatic rings. The lowest BCUT2D eigenvalue weighted by molar-refractivity contribution is -0.134. The lowest BCUT2D eigenvalue weighted by Crippen LogP contribution is -2.40. The van der Waals surface area contributed by atoms with Crippen molar-refractivity contribution in [3.05, 3.63) is 48.3 Å². The zero-order valence-corrected chi connectivity index (χ0v) is 14.1. The lowest BCUT2D eigenvalue weighted by Gasteiger charge is -2.35. The fraction of sp³-hybridized carbons (Fsp3) is 0.389. The van der Waals surface area contributed by atoms with Gasteiger partial charge in [-0.1, -0.05) is 5.16 Å². The quantitative estimate of drug-likeness (QED) is 0.713. The standard InChI is InChI=1S/C18H20N4O3/c1-13-14-5-3-9-21(14)10-11-22(13)17(23)8-2-7-16-19-18(20-25-16)15-6-4-12-24-15/h3-6,9,12-13H,2,7-8,10-11H2,1H3/t13-/m1/s1. The molecule has 0 saturated carbocycles. The molecular formula is C18H20N4O3. The van der Waals surface area contributed by atoms with Crippen LogP contribution in [0.4, 0.5) is 0 Å². The second-order valence-corrected chi connectivity index (χ2v) is 6.23. The molecule has 4 rings (SSSR count). The van der Waals surface area contributed by atoms with E-state index in [1.807, 2.05) is 11.0 Å². The van der Waals surface area contributed by atoms with Crippen LogP contribution in [0.1, 0.15) is 37.4 Å². The van der Waals surface area contributed by atoms with Gasteiger partial charge in [-0.25, -0.2) is 0 Å². The summed E-state index contributed by atoms with van der Waals surface area (Å²) >= 11 is 0. The first kappa shape index (κ1) is 15.7. The van der Waals surface area contributed by atoms with E-state index in [0.717, 1.165) is 13.1 Å². The summed E-state index contributed by atoms with van der Waals surface area (Å²) in [6, 6.07) is 7.79. The summed E-state index contributed by atoms with van der Waals surface area (Å²) in [5.74, 6) is 1.72. The first-order valence-corrected chi connectivity index (χ1v) is 8.53. The molecule has 0 N–H and O–H groups in total. The van der Waals surface area contributed by atoms with Gasteiger partial charge in [0.15, 0.2) is 5.76 Å². The normalized spacial score (nSPS) is 16.8. The third kappa shape index (κ3) is 3.09. The number of fused-ring (bicyclic) bond motifs is 1. The number of carbonyl (C=O) groups excluding carboxylic acids is 1. The molecule has 130 valence electrons. The molecular weight excluding hydrogens is 320 g/mol. The van der Waals surface area contributed by atoms with Crippen LogP contribution in [0.3, 0.4) is 0 Å². The van der Waals surface area contributed by atoms with Crippen molar-refractivity contribution in [3.8, 4) is 11.6 Å². The van der Waals surface area contributed by atoms with E-state index in [2.05, 4.69) is 33.9 Å². The molecule has 1 atom stereocenters. The predicted molar refractivity (Wildman–Crippen MR) is 89.5 cm³/mol. The number of rotatable bonds is 5. The molecule has 0 saturated heterocycles. The summed E-state index contributed by atoms with van der Waals surface area (Å²) in [5.41, 5.74) is 1.19. The minimum Gasteiger partial charge on any atom is -0.461 e. The van der Waals surface area contributed by atoms with Gasteiger partial charge >= 0.3 is 0 Å². The van der Waals surface area contributed by atoms with E-state index in [1.54, 1.807) is 18.4 Å². The highest BCUT2D eigenvalue weighted by atomic mass is 16.5. The zero-order valence-electron chi connectivity index (χ0n) is 14.1. The Balaban J connectivity index is 1.31. The fourth-order valence-electron chi connectivity index (χ4n) is 3.32. The Morgan fingerprint density at radius 3 is 3.08 bits per heavy atom. The van der Waals surface area contributed by atoms with Crippen molar-refractivity contribution in [1.82, 2.24) is 19.6 Å². The van der Waals surface area contributed by atoms with Crippen LogP contribution in [-0.4, -0.2) is 32.1 Å². The van der Waals surface area contributed by atoms with E-state index < -0.39 is 0 Å². The van der Waals surface area contributed by atoms with Gasteiger partial charge in [0.25, 0.3) is 0 Å². The van der Waals surface area contributed by atoms with Crippen LogP contribution in [0.5, 0.6) is 0 Å². The number of hydrogen-bond acceptors (Lipinski definition) is 5. The smallest absolute Gasteiger partial charge is 0.238 e. The van der Waals surface area contributed by atoms with Crippen LogP contribution < -0.4 is 0 Å². The largest absolute Gasteiger partial charge is 0.461 e. The van der Waals surface area contributed by atoms with E-state index in [-0.39, 0.29) is 11.9 Å². The van der Waals surface area contributed by atoms with Gasteiger partial charge < -0.3 is 18.4 Å². The lowest BCUT2D eigenvalue weighted by atomic mass is 10.1. The molecule has 3 aromatic heterocycles. The highest BCUT2D eigenvalue weighted by Crippen LogP contribution is 2.26. The monoisotopic (exact) mass is 340 g/mol. The number of aromatic nitrogens is 3. The van der Waals surface area contributed by atoms with Crippen molar-refractivity contribution in [2.45, 2.75) is 38.8 Å². The molecule has 0 bridgehead atoms. The zero-order chi connectivity index (χ0) is 17.2. The molecule has 0 spiro atoms. The highest BCUT2D eigenvalue weighted by Gasteiger charge is 2.26. The molecule has 0 aromatic carbocycles. The Kier molecular flexibility index (Phi) is 4.13. The fourth-order valence-corrected chi connectivity index (χ4v) is 3.32. The maximum absolute atomic E-state index is 12.6. The third-order valence-electron chi connectivity index (χ3n) is 4.65. The summed E-state index contributed by atoms with van der Waals surface area (Å²) in [6.07, 6.45) is 5.38. The summed E-state index contributed by atoms with van der Waals surface area (Å²) in [7, 11) is 0. The van der Waals surface area contributed by atoms with Crippen LogP contribution in [0.2, 0.25) is 0 Å². The van der Waals surface area contributed by atoms with E-state index in [4.69, 9.17) is 8.94 Å². The molecule has 7 nitrogen and oxygen atoms in total. The van der Waals surface area contributed by atoms with Crippen LogP contribution >= 0.6 is 0 Å². The van der Waals surface area contributed by atoms with Crippen LogP contribution in [-0.2, 0) is 17.8 Å². The van der Waals surface area contributed by atoms with Crippen molar-refractivity contribution in [2.24, 2.45) is 0 Å². The molecule has 1 amide bonds. The van der Waals surface area contributed by atoms with E-state index in [1.165, 1.54) is 5.69 Å². The first-order chi connectivity index (χ1) is 12.2. The third-order valence-corrected chi connectivity index (χ3v) is 4.65. The SMILES string of the molecule is C[C@@H]1c2cccn2CCN1C(=O)CCCc1nc(-c2ccco2)no1. The summed E-state index contributed by atoms with van der Waals surface area (Å²) < 4.78 is 12.7. The number of amides is 1. The number of carbonyl (C=O) groups is 1.